The molecule has 2 amide bonds. The Morgan fingerprint density at radius 2 is 2.00 bits per heavy atom. The fourth-order valence-corrected chi connectivity index (χ4v) is 2.74. The summed E-state index contributed by atoms with van der Waals surface area (Å²) >= 11 is 0. The van der Waals surface area contributed by atoms with Crippen LogP contribution in [0.5, 0.6) is 0 Å². The van der Waals surface area contributed by atoms with E-state index in [0.717, 1.165) is 12.0 Å². The molecule has 1 heterocycles. The van der Waals surface area contributed by atoms with Crippen LogP contribution in [-0.2, 0) is 16.1 Å². The molecule has 1 fully saturated rings. The van der Waals surface area contributed by atoms with Crippen LogP contribution in [-0.4, -0.2) is 40.9 Å². The molecule has 0 saturated carbocycles. The van der Waals surface area contributed by atoms with E-state index < -0.39 is 11.7 Å². The maximum atomic E-state index is 12.1. The van der Waals surface area contributed by atoms with E-state index in [1.807, 2.05) is 30.3 Å². The minimum Gasteiger partial charge on any atom is -0.495 e. The average molecular weight is 376 g/mol. The van der Waals surface area contributed by atoms with Crippen LogP contribution in [0.1, 0.15) is 39.2 Å². The molecule has 0 bridgehead atoms. The fraction of sp³-hybridized carbons (Fsp3) is 0.500. The molecule has 0 aliphatic carbocycles. The van der Waals surface area contributed by atoms with E-state index in [-0.39, 0.29) is 24.5 Å². The van der Waals surface area contributed by atoms with Crippen LogP contribution >= 0.6 is 0 Å². The number of aliphatic hydroxyl groups excluding tert-OH is 1. The van der Waals surface area contributed by atoms with E-state index in [4.69, 9.17) is 9.47 Å². The Hall–Kier alpha value is -2.70. The summed E-state index contributed by atoms with van der Waals surface area (Å²) in [5.74, 6) is -0.0359. The molecule has 1 saturated heterocycles. The van der Waals surface area contributed by atoms with Gasteiger partial charge in [0.15, 0.2) is 5.88 Å². The summed E-state index contributed by atoms with van der Waals surface area (Å²) in [7, 11) is 0. The van der Waals surface area contributed by atoms with Gasteiger partial charge in [0.2, 0.25) is 0 Å². The van der Waals surface area contributed by atoms with Crippen molar-refractivity contribution < 1.29 is 24.2 Å². The summed E-state index contributed by atoms with van der Waals surface area (Å²) in [6.45, 7) is 6.67. The molecule has 7 nitrogen and oxygen atoms in total. The Bertz CT molecular complexity index is 667. The average Bonchev–Trinajstić information content (AvgIpc) is 3.06. The molecular weight excluding hydrogens is 348 g/mol. The Morgan fingerprint density at radius 3 is 2.67 bits per heavy atom. The monoisotopic (exact) mass is 376 g/mol. The molecule has 2 rings (SSSR count). The lowest BCUT2D eigenvalue weighted by molar-refractivity contribution is 0.0520. The van der Waals surface area contributed by atoms with E-state index in [0.29, 0.717) is 19.5 Å². The molecule has 1 aliphatic rings. The lowest BCUT2D eigenvalue weighted by Crippen LogP contribution is -2.32. The molecule has 7 heteroatoms. The van der Waals surface area contributed by atoms with Crippen molar-refractivity contribution in [3.8, 4) is 0 Å². The molecule has 0 aromatic heterocycles. The van der Waals surface area contributed by atoms with Crippen molar-refractivity contribution in [1.82, 2.24) is 10.2 Å². The highest BCUT2D eigenvalue weighted by Crippen LogP contribution is 2.21. The zero-order chi connectivity index (χ0) is 19.9. The van der Waals surface area contributed by atoms with Crippen molar-refractivity contribution in [3.05, 3.63) is 47.9 Å². The number of rotatable bonds is 5. The van der Waals surface area contributed by atoms with Gasteiger partial charge in [-0.2, -0.15) is 0 Å². The van der Waals surface area contributed by atoms with Gasteiger partial charge in [0.1, 0.15) is 12.2 Å². The first-order valence-corrected chi connectivity index (χ1v) is 9.07. The Labute approximate surface area is 159 Å². The second-order valence-corrected chi connectivity index (χ2v) is 7.59. The topological polar surface area (TPSA) is 88.1 Å². The van der Waals surface area contributed by atoms with Crippen LogP contribution < -0.4 is 5.32 Å². The van der Waals surface area contributed by atoms with Gasteiger partial charge in [0.25, 0.3) is 0 Å². The number of carbonyl (C=O) groups excluding carboxylic acids is 2. The van der Waals surface area contributed by atoms with Crippen LogP contribution in [0, 0.1) is 5.92 Å². The number of hydrogen-bond donors (Lipinski definition) is 2. The van der Waals surface area contributed by atoms with Crippen molar-refractivity contribution in [2.45, 2.75) is 45.8 Å². The number of carbonyl (C=O) groups is 2. The van der Waals surface area contributed by atoms with Gasteiger partial charge in [-0.3, -0.25) is 5.32 Å². The number of nitrogens with zero attached hydrogens (tertiary/aromatic N) is 1. The minimum atomic E-state index is -0.700. The highest BCUT2D eigenvalue weighted by atomic mass is 16.6. The first kappa shape index (κ1) is 20.6. The lowest BCUT2D eigenvalue weighted by atomic mass is 10.1. The van der Waals surface area contributed by atoms with Crippen LogP contribution in [0.2, 0.25) is 0 Å². The van der Waals surface area contributed by atoms with Crippen molar-refractivity contribution in [2.75, 3.05) is 13.1 Å². The number of alkyl carbamates (subject to hydrolysis) is 1. The van der Waals surface area contributed by atoms with Crippen molar-refractivity contribution in [3.63, 3.8) is 0 Å². The summed E-state index contributed by atoms with van der Waals surface area (Å²) in [4.78, 5) is 25.4. The van der Waals surface area contributed by atoms with E-state index in [1.165, 1.54) is 6.08 Å². The van der Waals surface area contributed by atoms with Gasteiger partial charge in [-0.25, -0.2) is 9.59 Å². The number of ether oxygens (including phenoxy) is 2. The Kier molecular flexibility index (Phi) is 7.10. The van der Waals surface area contributed by atoms with Crippen LogP contribution in [0.15, 0.2) is 42.3 Å². The molecular formula is C20H28N2O5. The maximum Gasteiger partial charge on any atom is 0.414 e. The summed E-state index contributed by atoms with van der Waals surface area (Å²) in [6, 6.07) is 9.53. The number of hydrogen-bond acceptors (Lipinski definition) is 5. The number of allylic oxidation sites excluding steroid dienone is 1. The highest BCUT2D eigenvalue weighted by molar-refractivity contribution is 5.69. The first-order chi connectivity index (χ1) is 12.7. The quantitative estimate of drug-likeness (QED) is 0.760. The third kappa shape index (κ3) is 7.60. The van der Waals surface area contributed by atoms with Gasteiger partial charge in [-0.1, -0.05) is 30.3 Å². The smallest absolute Gasteiger partial charge is 0.414 e. The largest absolute Gasteiger partial charge is 0.495 e. The van der Waals surface area contributed by atoms with Crippen LogP contribution in [0.3, 0.4) is 0 Å². The molecule has 148 valence electrons. The number of amides is 2. The zero-order valence-electron chi connectivity index (χ0n) is 16.1. The van der Waals surface area contributed by atoms with Gasteiger partial charge in [-0.15, -0.1) is 0 Å². The van der Waals surface area contributed by atoms with Gasteiger partial charge >= 0.3 is 12.2 Å². The minimum absolute atomic E-state index is 0.205. The van der Waals surface area contributed by atoms with E-state index >= 15 is 0 Å². The van der Waals surface area contributed by atoms with Crippen LogP contribution in [0.25, 0.3) is 0 Å². The van der Waals surface area contributed by atoms with E-state index in [2.05, 4.69) is 5.32 Å². The number of nitrogens with one attached hydrogen (secondary N) is 1. The van der Waals surface area contributed by atoms with E-state index in [9.17, 15) is 14.7 Å². The predicted molar refractivity (Wildman–Crippen MR) is 101 cm³/mol. The molecule has 1 unspecified atom stereocenters. The van der Waals surface area contributed by atoms with Crippen molar-refractivity contribution in [1.29, 1.82) is 0 Å². The SMILES string of the molecule is CC(C)(C)OC(=O)NC(O)=CCC1CCN(C(=O)OCc2ccccc2)C1. The molecule has 0 radical (unpaired) electrons. The van der Waals surface area contributed by atoms with Crippen LogP contribution in [0.4, 0.5) is 9.59 Å². The van der Waals surface area contributed by atoms with Crippen molar-refractivity contribution in [2.24, 2.45) is 5.92 Å². The molecule has 1 aliphatic heterocycles. The summed E-state index contributed by atoms with van der Waals surface area (Å²) in [5, 5.41) is 12.1. The summed E-state index contributed by atoms with van der Waals surface area (Å²) in [6.07, 6.45) is 1.86. The first-order valence-electron chi connectivity index (χ1n) is 9.07. The second-order valence-electron chi connectivity index (χ2n) is 7.59. The standard InChI is InChI=1S/C20H28N2O5/c1-20(2,3)27-18(24)21-17(23)10-9-15-11-12-22(13-15)19(25)26-14-16-7-5-4-6-8-16/h4-8,10,15,23H,9,11-14H2,1-3H3,(H,21,24). The summed E-state index contributed by atoms with van der Waals surface area (Å²) in [5.41, 5.74) is 0.318. The fourth-order valence-electron chi connectivity index (χ4n) is 2.74. The molecule has 0 spiro atoms. The molecule has 2 N–H and O–H groups in total. The highest BCUT2D eigenvalue weighted by Gasteiger charge is 2.27. The summed E-state index contributed by atoms with van der Waals surface area (Å²) < 4.78 is 10.4. The van der Waals surface area contributed by atoms with E-state index in [1.54, 1.807) is 25.7 Å². The van der Waals surface area contributed by atoms with Crippen molar-refractivity contribution >= 4 is 12.2 Å². The third-order valence-electron chi connectivity index (χ3n) is 4.02. The predicted octanol–water partition coefficient (Wildman–Crippen LogP) is 3.96. The van der Waals surface area contributed by atoms with Gasteiger partial charge < -0.3 is 19.5 Å². The maximum absolute atomic E-state index is 12.1. The lowest BCUT2D eigenvalue weighted by Gasteiger charge is -2.19. The zero-order valence-corrected chi connectivity index (χ0v) is 16.1. The van der Waals surface area contributed by atoms with Gasteiger partial charge in [-0.05, 0) is 51.2 Å². The number of benzene rings is 1. The van der Waals surface area contributed by atoms with Gasteiger partial charge in [0, 0.05) is 13.1 Å². The Morgan fingerprint density at radius 1 is 1.30 bits per heavy atom. The normalized spacial score (nSPS) is 17.5. The number of aliphatic hydroxyl groups is 1. The third-order valence-corrected chi connectivity index (χ3v) is 4.02. The molecule has 1 atom stereocenters. The molecule has 1 aromatic carbocycles. The molecule has 1 aromatic rings. The van der Waals surface area contributed by atoms with Gasteiger partial charge in [0.05, 0.1) is 0 Å². The molecule has 27 heavy (non-hydrogen) atoms. The second kappa shape index (κ2) is 9.30. The number of likely N-dealkylation sites (tertiary alicyclic amines) is 1. The Balaban J connectivity index is 1.72.